The lowest BCUT2D eigenvalue weighted by Crippen LogP contribution is -1.82. The average molecular weight is 147 g/mol. The third-order valence-electron chi connectivity index (χ3n) is 1.51. The van der Waals surface area contributed by atoms with Crippen LogP contribution in [0.5, 0.6) is 0 Å². The van der Waals surface area contributed by atoms with Gasteiger partial charge in [-0.15, -0.1) is 0 Å². The second-order valence-corrected chi connectivity index (χ2v) is 2.49. The van der Waals surface area contributed by atoms with Gasteiger partial charge >= 0.3 is 0 Å². The van der Waals surface area contributed by atoms with Crippen molar-refractivity contribution in [3.63, 3.8) is 0 Å². The number of aliphatic hydroxyl groups excluding tert-OH is 1. The van der Waals surface area contributed by atoms with E-state index in [1.54, 1.807) is 0 Å². The van der Waals surface area contributed by atoms with Crippen molar-refractivity contribution in [3.05, 3.63) is 0 Å². The summed E-state index contributed by atoms with van der Waals surface area (Å²) in [5.41, 5.74) is 0. The van der Waals surface area contributed by atoms with Gasteiger partial charge in [-0.3, -0.25) is 0 Å². The Hall–Kier alpha value is -0.0800. The van der Waals surface area contributed by atoms with Crippen molar-refractivity contribution in [2.24, 2.45) is 0 Å². The highest BCUT2D eigenvalue weighted by atomic mass is 16.2. The van der Waals surface area contributed by atoms with E-state index < -0.39 is 0 Å². The zero-order valence-corrected chi connectivity index (χ0v) is 7.10. The summed E-state index contributed by atoms with van der Waals surface area (Å²) >= 11 is 0. The van der Waals surface area contributed by atoms with E-state index >= 15 is 0 Å². The lowest BCUT2D eigenvalue weighted by Gasteiger charge is -1.95. The summed E-state index contributed by atoms with van der Waals surface area (Å²) < 4.78 is 0. The summed E-state index contributed by atoms with van der Waals surface area (Å²) in [7, 11) is 0. The van der Waals surface area contributed by atoms with Crippen molar-refractivity contribution in [1.29, 1.82) is 0 Å². The fraction of sp³-hybridized carbons (Fsp3) is 1.00. The summed E-state index contributed by atoms with van der Waals surface area (Å²) in [6.45, 7) is 2.58. The minimum absolute atomic E-state index is 0. The van der Waals surface area contributed by atoms with Crippen LogP contribution in [0.4, 0.5) is 0 Å². The molecule has 0 fully saturated rings. The summed E-state index contributed by atoms with van der Waals surface area (Å²) in [5.74, 6) is 0. The Kier molecular flexibility index (Phi) is 14.7. The average Bonchev–Trinajstić information content (AvgIpc) is 1.89. The molecule has 64 valence electrons. The van der Waals surface area contributed by atoms with E-state index in [0.717, 1.165) is 6.42 Å². The van der Waals surface area contributed by atoms with Gasteiger partial charge in [0.15, 0.2) is 0 Å². The topological polar surface area (TPSA) is 55.2 Å². The molecule has 0 radical (unpaired) electrons. The van der Waals surface area contributed by atoms with Gasteiger partial charge in [0.2, 0.25) is 0 Å². The van der Waals surface area contributed by atoms with Crippen LogP contribution in [0.15, 0.2) is 0 Å². The van der Waals surface area contributed by atoms with Crippen LogP contribution in [0, 0.1) is 0 Å². The van der Waals surface area contributed by atoms with Crippen molar-refractivity contribution in [2.45, 2.75) is 45.4 Å². The molecule has 0 rings (SSSR count). The van der Waals surface area contributed by atoms with Crippen molar-refractivity contribution in [3.8, 4) is 0 Å². The number of hydrogen-bond acceptors (Lipinski definition) is 2. The van der Waals surface area contributed by atoms with Gasteiger partial charge in [-0.1, -0.05) is 39.0 Å². The first-order valence-electron chi connectivity index (χ1n) is 4.02. The SMILES string of the molecule is CCCCCCCCO.N. The fourth-order valence-corrected chi connectivity index (χ4v) is 0.892. The molecule has 0 aromatic carbocycles. The number of hydrogen-bond donors (Lipinski definition) is 2. The van der Waals surface area contributed by atoms with Crippen LogP contribution >= 0.6 is 0 Å². The normalized spacial score (nSPS) is 9.00. The van der Waals surface area contributed by atoms with Crippen LogP contribution in [-0.2, 0) is 0 Å². The third-order valence-corrected chi connectivity index (χ3v) is 1.51. The van der Waals surface area contributed by atoms with Gasteiger partial charge in [-0.2, -0.15) is 0 Å². The molecule has 0 heterocycles. The maximum atomic E-state index is 8.42. The van der Waals surface area contributed by atoms with E-state index in [4.69, 9.17) is 5.11 Å². The molecule has 0 aliphatic carbocycles. The zero-order chi connectivity index (χ0) is 6.95. The molecule has 10 heavy (non-hydrogen) atoms. The van der Waals surface area contributed by atoms with E-state index in [0.29, 0.717) is 6.61 Å². The van der Waals surface area contributed by atoms with Crippen LogP contribution in [0.2, 0.25) is 0 Å². The monoisotopic (exact) mass is 147 g/mol. The molecule has 2 heteroatoms. The Morgan fingerprint density at radius 3 is 1.90 bits per heavy atom. The molecular weight excluding hydrogens is 126 g/mol. The highest BCUT2D eigenvalue weighted by Crippen LogP contribution is 2.03. The van der Waals surface area contributed by atoms with Crippen molar-refractivity contribution in [2.75, 3.05) is 6.61 Å². The molecule has 0 bridgehead atoms. The zero-order valence-electron chi connectivity index (χ0n) is 7.10. The van der Waals surface area contributed by atoms with E-state index in [-0.39, 0.29) is 6.15 Å². The fourth-order valence-electron chi connectivity index (χ4n) is 0.892. The van der Waals surface area contributed by atoms with Crippen LogP contribution in [0.1, 0.15) is 45.4 Å². The van der Waals surface area contributed by atoms with Gasteiger partial charge in [-0.05, 0) is 6.42 Å². The number of unbranched alkanes of at least 4 members (excludes halogenated alkanes) is 5. The first-order valence-corrected chi connectivity index (χ1v) is 4.02. The molecule has 0 atom stereocenters. The van der Waals surface area contributed by atoms with Crippen molar-refractivity contribution >= 4 is 0 Å². The number of rotatable bonds is 6. The Morgan fingerprint density at radius 2 is 1.40 bits per heavy atom. The molecule has 0 spiro atoms. The highest BCUT2D eigenvalue weighted by Gasteiger charge is 1.86. The standard InChI is InChI=1S/C8H18O.H3N/c1-2-3-4-5-6-7-8-9;/h9H,2-8H2,1H3;1H3. The first-order chi connectivity index (χ1) is 4.41. The van der Waals surface area contributed by atoms with E-state index in [9.17, 15) is 0 Å². The first kappa shape index (κ1) is 12.6. The second-order valence-electron chi connectivity index (χ2n) is 2.49. The van der Waals surface area contributed by atoms with Gasteiger partial charge in [-0.25, -0.2) is 0 Å². The lowest BCUT2D eigenvalue weighted by atomic mass is 10.1. The van der Waals surface area contributed by atoms with Crippen LogP contribution < -0.4 is 6.15 Å². The minimum atomic E-state index is 0. The quantitative estimate of drug-likeness (QED) is 0.567. The summed E-state index contributed by atoms with van der Waals surface area (Å²) in [5, 5.41) is 8.42. The maximum absolute atomic E-state index is 8.42. The molecule has 0 aromatic heterocycles. The van der Waals surface area contributed by atoms with Crippen molar-refractivity contribution in [1.82, 2.24) is 6.15 Å². The second kappa shape index (κ2) is 11.7. The largest absolute Gasteiger partial charge is 0.396 e. The number of aliphatic hydroxyl groups is 1. The van der Waals surface area contributed by atoms with E-state index in [1.165, 1.54) is 32.1 Å². The molecular formula is C8H21NO. The summed E-state index contributed by atoms with van der Waals surface area (Å²) in [4.78, 5) is 0. The molecule has 0 unspecified atom stereocenters. The van der Waals surface area contributed by atoms with Gasteiger partial charge in [0.05, 0.1) is 0 Å². The molecule has 0 aromatic rings. The molecule has 0 aliphatic heterocycles. The molecule has 2 nitrogen and oxygen atoms in total. The summed E-state index contributed by atoms with van der Waals surface area (Å²) in [6, 6.07) is 0. The molecule has 0 saturated carbocycles. The minimum Gasteiger partial charge on any atom is -0.396 e. The smallest absolute Gasteiger partial charge is 0.0431 e. The van der Waals surface area contributed by atoms with Gasteiger partial charge in [0, 0.05) is 6.61 Å². The predicted molar refractivity (Wildman–Crippen MR) is 45.5 cm³/mol. The molecule has 0 saturated heterocycles. The van der Waals surface area contributed by atoms with Gasteiger partial charge in [0.1, 0.15) is 0 Å². The Balaban J connectivity index is 0. The highest BCUT2D eigenvalue weighted by molar-refractivity contribution is 4.41. The predicted octanol–water partition coefficient (Wildman–Crippen LogP) is 2.50. The van der Waals surface area contributed by atoms with Crippen LogP contribution in [-0.4, -0.2) is 11.7 Å². The maximum Gasteiger partial charge on any atom is 0.0431 e. The molecule has 4 N–H and O–H groups in total. The van der Waals surface area contributed by atoms with Crippen LogP contribution in [0.25, 0.3) is 0 Å². The van der Waals surface area contributed by atoms with Crippen LogP contribution in [0.3, 0.4) is 0 Å². The molecule has 0 aliphatic rings. The van der Waals surface area contributed by atoms with Gasteiger partial charge in [0.25, 0.3) is 0 Å². The van der Waals surface area contributed by atoms with Crippen molar-refractivity contribution < 1.29 is 5.11 Å². The Morgan fingerprint density at radius 1 is 0.900 bits per heavy atom. The summed E-state index contributed by atoms with van der Waals surface area (Å²) in [6.07, 6.45) is 7.50. The van der Waals surface area contributed by atoms with E-state index in [1.807, 2.05) is 0 Å². The Bertz CT molecular complexity index is 42.5. The van der Waals surface area contributed by atoms with Gasteiger partial charge < -0.3 is 11.3 Å². The Labute approximate surface area is 64.2 Å². The molecule has 0 amide bonds. The third kappa shape index (κ3) is 10.8. The van der Waals surface area contributed by atoms with E-state index in [2.05, 4.69) is 6.92 Å². The lowest BCUT2D eigenvalue weighted by molar-refractivity contribution is 0.282.